The summed E-state index contributed by atoms with van der Waals surface area (Å²) in [6.07, 6.45) is 7.20. The first-order valence-electron chi connectivity index (χ1n) is 4.87. The van der Waals surface area contributed by atoms with Gasteiger partial charge in [-0.2, -0.15) is 0 Å². The van der Waals surface area contributed by atoms with Gasteiger partial charge in [-0.05, 0) is 18.0 Å². The first kappa shape index (κ1) is 12.0. The largest absolute Gasteiger partial charge is 0.281 e. The molecule has 0 aliphatic rings. The summed E-state index contributed by atoms with van der Waals surface area (Å²) in [6, 6.07) is 0. The smallest absolute Gasteiger partial charge is 0.224 e. The molecule has 72 valence electrons. The van der Waals surface area contributed by atoms with Gasteiger partial charge in [0.1, 0.15) is 0 Å². The van der Waals surface area contributed by atoms with Crippen molar-refractivity contribution < 1.29 is 4.79 Å². The lowest BCUT2D eigenvalue weighted by atomic mass is 10.0. The van der Waals surface area contributed by atoms with Crippen molar-refractivity contribution in [3.05, 3.63) is 0 Å². The maximum absolute atomic E-state index is 10.6. The van der Waals surface area contributed by atoms with Crippen molar-refractivity contribution in [3.63, 3.8) is 0 Å². The second kappa shape index (κ2) is 7.60. The molecule has 0 aliphatic carbocycles. The van der Waals surface area contributed by atoms with Crippen LogP contribution in [0.4, 0.5) is 0 Å². The molecule has 0 saturated carbocycles. The summed E-state index contributed by atoms with van der Waals surface area (Å²) in [4.78, 5) is 10.6. The summed E-state index contributed by atoms with van der Waals surface area (Å²) in [5.74, 6) is 0.0493. The standard InChI is InChI=1S/C10H19ClO/c1-3-4-5-6-7-8-9(2)10(11)12/h9H,3-8H2,1-2H3. The van der Waals surface area contributed by atoms with Gasteiger partial charge in [-0.15, -0.1) is 0 Å². The summed E-state index contributed by atoms with van der Waals surface area (Å²) >= 11 is 5.33. The Balaban J connectivity index is 3.14. The number of carbonyl (C=O) groups excluding carboxylic acids is 1. The van der Waals surface area contributed by atoms with Gasteiger partial charge in [-0.1, -0.05) is 46.0 Å². The van der Waals surface area contributed by atoms with E-state index in [0.717, 1.165) is 12.8 Å². The van der Waals surface area contributed by atoms with Gasteiger partial charge in [0.25, 0.3) is 0 Å². The SMILES string of the molecule is CCCCCCCC(C)C(=O)Cl. The molecule has 12 heavy (non-hydrogen) atoms. The zero-order valence-corrected chi connectivity index (χ0v) is 8.86. The number of carbonyl (C=O) groups is 1. The van der Waals surface area contributed by atoms with Crippen LogP contribution in [0.5, 0.6) is 0 Å². The van der Waals surface area contributed by atoms with E-state index in [-0.39, 0.29) is 11.2 Å². The molecule has 0 fully saturated rings. The van der Waals surface area contributed by atoms with Crippen LogP contribution >= 0.6 is 11.6 Å². The Labute approximate surface area is 80.5 Å². The molecule has 0 bridgehead atoms. The van der Waals surface area contributed by atoms with Gasteiger partial charge in [0.05, 0.1) is 0 Å². The van der Waals surface area contributed by atoms with Gasteiger partial charge >= 0.3 is 0 Å². The zero-order chi connectivity index (χ0) is 9.40. The normalized spacial score (nSPS) is 12.9. The van der Waals surface area contributed by atoms with Crippen LogP contribution in [0.1, 0.15) is 52.4 Å². The quantitative estimate of drug-likeness (QED) is 0.442. The molecule has 0 aromatic carbocycles. The van der Waals surface area contributed by atoms with E-state index in [4.69, 9.17) is 11.6 Å². The lowest BCUT2D eigenvalue weighted by Crippen LogP contribution is -2.02. The van der Waals surface area contributed by atoms with Crippen LogP contribution in [-0.2, 0) is 4.79 Å². The van der Waals surface area contributed by atoms with Gasteiger partial charge in [0.15, 0.2) is 0 Å². The molecule has 1 nitrogen and oxygen atoms in total. The Hall–Kier alpha value is -0.0400. The first-order chi connectivity index (χ1) is 5.68. The summed E-state index contributed by atoms with van der Waals surface area (Å²) in [5.41, 5.74) is 0. The van der Waals surface area contributed by atoms with E-state index in [1.54, 1.807) is 0 Å². The summed E-state index contributed by atoms with van der Waals surface area (Å²) in [5, 5.41) is -0.189. The Morgan fingerprint density at radius 2 is 1.83 bits per heavy atom. The number of unbranched alkanes of at least 4 members (excludes halogenated alkanes) is 4. The predicted molar refractivity (Wildman–Crippen MR) is 53.4 cm³/mol. The van der Waals surface area contributed by atoms with E-state index in [1.807, 2.05) is 6.92 Å². The minimum Gasteiger partial charge on any atom is -0.281 e. The molecule has 0 aliphatic heterocycles. The Kier molecular flexibility index (Phi) is 7.58. The molecule has 0 heterocycles. The van der Waals surface area contributed by atoms with Gasteiger partial charge < -0.3 is 0 Å². The lowest BCUT2D eigenvalue weighted by molar-refractivity contribution is -0.114. The maximum Gasteiger partial charge on any atom is 0.224 e. The highest BCUT2D eigenvalue weighted by Crippen LogP contribution is 2.13. The Bertz CT molecular complexity index is 123. The number of hydrogen-bond donors (Lipinski definition) is 0. The molecule has 0 N–H and O–H groups in total. The average Bonchev–Trinajstić information content (AvgIpc) is 2.03. The second-order valence-electron chi connectivity index (χ2n) is 3.41. The van der Waals surface area contributed by atoms with Crippen LogP contribution in [0.3, 0.4) is 0 Å². The van der Waals surface area contributed by atoms with E-state index < -0.39 is 0 Å². The van der Waals surface area contributed by atoms with Crippen LogP contribution in [0.2, 0.25) is 0 Å². The van der Waals surface area contributed by atoms with Gasteiger partial charge in [-0.25, -0.2) is 0 Å². The zero-order valence-electron chi connectivity index (χ0n) is 8.11. The van der Waals surface area contributed by atoms with Crippen molar-refractivity contribution in [3.8, 4) is 0 Å². The van der Waals surface area contributed by atoms with Crippen LogP contribution in [0, 0.1) is 5.92 Å². The first-order valence-corrected chi connectivity index (χ1v) is 5.25. The van der Waals surface area contributed by atoms with Crippen molar-refractivity contribution >= 4 is 16.8 Å². The molecular weight excluding hydrogens is 172 g/mol. The highest BCUT2D eigenvalue weighted by molar-refractivity contribution is 6.63. The predicted octanol–water partition coefficient (Wildman–Crippen LogP) is 3.75. The molecule has 0 saturated heterocycles. The highest BCUT2D eigenvalue weighted by Gasteiger charge is 2.08. The molecule has 0 spiro atoms. The van der Waals surface area contributed by atoms with Crippen molar-refractivity contribution in [2.24, 2.45) is 5.92 Å². The van der Waals surface area contributed by atoms with Gasteiger partial charge in [0, 0.05) is 5.92 Å². The van der Waals surface area contributed by atoms with Gasteiger partial charge in [0.2, 0.25) is 5.24 Å². The maximum atomic E-state index is 10.6. The molecule has 0 rings (SSSR count). The Morgan fingerprint density at radius 3 is 2.33 bits per heavy atom. The van der Waals surface area contributed by atoms with Crippen molar-refractivity contribution in [1.29, 1.82) is 0 Å². The van der Waals surface area contributed by atoms with E-state index in [2.05, 4.69) is 6.92 Å². The molecule has 1 atom stereocenters. The monoisotopic (exact) mass is 190 g/mol. The van der Waals surface area contributed by atoms with Crippen LogP contribution < -0.4 is 0 Å². The third-order valence-corrected chi connectivity index (χ3v) is 2.50. The fraction of sp³-hybridized carbons (Fsp3) is 0.900. The van der Waals surface area contributed by atoms with Crippen LogP contribution in [0.25, 0.3) is 0 Å². The average molecular weight is 191 g/mol. The van der Waals surface area contributed by atoms with E-state index in [0.29, 0.717) is 0 Å². The molecule has 0 aromatic heterocycles. The van der Waals surface area contributed by atoms with Gasteiger partial charge in [-0.3, -0.25) is 4.79 Å². The van der Waals surface area contributed by atoms with Crippen LogP contribution in [0.15, 0.2) is 0 Å². The number of rotatable bonds is 7. The Morgan fingerprint density at radius 1 is 1.25 bits per heavy atom. The van der Waals surface area contributed by atoms with Crippen LogP contribution in [-0.4, -0.2) is 5.24 Å². The molecular formula is C10H19ClO. The van der Waals surface area contributed by atoms with E-state index >= 15 is 0 Å². The third kappa shape index (κ3) is 6.66. The topological polar surface area (TPSA) is 17.1 Å². The highest BCUT2D eigenvalue weighted by atomic mass is 35.5. The minimum atomic E-state index is -0.189. The van der Waals surface area contributed by atoms with E-state index in [9.17, 15) is 4.79 Å². The fourth-order valence-corrected chi connectivity index (χ4v) is 1.28. The van der Waals surface area contributed by atoms with Crippen molar-refractivity contribution in [2.45, 2.75) is 52.4 Å². The molecule has 0 radical (unpaired) electrons. The summed E-state index contributed by atoms with van der Waals surface area (Å²) < 4.78 is 0. The van der Waals surface area contributed by atoms with E-state index in [1.165, 1.54) is 25.7 Å². The fourth-order valence-electron chi connectivity index (χ4n) is 1.17. The molecule has 1 unspecified atom stereocenters. The molecule has 0 aromatic rings. The minimum absolute atomic E-state index is 0.0493. The molecule has 0 amide bonds. The number of hydrogen-bond acceptors (Lipinski definition) is 1. The van der Waals surface area contributed by atoms with Crippen molar-refractivity contribution in [2.75, 3.05) is 0 Å². The summed E-state index contributed by atoms with van der Waals surface area (Å²) in [6.45, 7) is 4.10. The molecule has 2 heteroatoms. The number of halogens is 1. The lowest BCUT2D eigenvalue weighted by Gasteiger charge is -2.04. The second-order valence-corrected chi connectivity index (χ2v) is 3.78. The van der Waals surface area contributed by atoms with Crippen molar-refractivity contribution in [1.82, 2.24) is 0 Å². The summed E-state index contributed by atoms with van der Waals surface area (Å²) in [7, 11) is 0. The third-order valence-electron chi connectivity index (χ3n) is 2.13.